The van der Waals surface area contributed by atoms with E-state index in [2.05, 4.69) is 19.0 Å². The van der Waals surface area contributed by atoms with Crippen molar-refractivity contribution in [3.8, 4) is 0 Å². The lowest BCUT2D eigenvalue weighted by Gasteiger charge is -2.34. The highest BCUT2D eigenvalue weighted by atomic mass is 32.2. The fourth-order valence-corrected chi connectivity index (χ4v) is 4.48. The standard InChI is InChI=1S/C17H18N4O2S2/c22-17(12-1-2-14-15(9-12)20-25-19-14)18-10-16(13-3-6-23-11-13)21-4-7-24-8-5-21/h1-3,6,9,11,16H,4-5,7-8,10H2,(H,18,22)/t16-/m1/s1. The Balaban J connectivity index is 1.47. The summed E-state index contributed by atoms with van der Waals surface area (Å²) in [6.45, 7) is 2.59. The normalized spacial score (nSPS) is 16.8. The molecule has 0 bridgehead atoms. The molecule has 1 aromatic carbocycles. The van der Waals surface area contributed by atoms with Gasteiger partial charge in [0.25, 0.3) is 5.91 Å². The highest BCUT2D eigenvalue weighted by Crippen LogP contribution is 2.24. The molecule has 6 nitrogen and oxygen atoms in total. The molecule has 2 aromatic heterocycles. The number of thioether (sulfide) groups is 1. The largest absolute Gasteiger partial charge is 0.472 e. The van der Waals surface area contributed by atoms with Gasteiger partial charge in [-0.05, 0) is 24.3 Å². The van der Waals surface area contributed by atoms with Crippen molar-refractivity contribution in [2.75, 3.05) is 31.1 Å². The van der Waals surface area contributed by atoms with Gasteiger partial charge in [-0.2, -0.15) is 20.5 Å². The van der Waals surface area contributed by atoms with E-state index >= 15 is 0 Å². The van der Waals surface area contributed by atoms with Crippen LogP contribution in [0.5, 0.6) is 0 Å². The summed E-state index contributed by atoms with van der Waals surface area (Å²) in [6, 6.07) is 7.53. The van der Waals surface area contributed by atoms with Crippen molar-refractivity contribution in [2.45, 2.75) is 6.04 Å². The molecule has 0 aliphatic carbocycles. The molecule has 0 spiro atoms. The number of carbonyl (C=O) groups excluding carboxylic acids is 1. The second kappa shape index (κ2) is 7.55. The molecule has 1 fully saturated rings. The lowest BCUT2D eigenvalue weighted by Crippen LogP contribution is -2.41. The van der Waals surface area contributed by atoms with E-state index in [1.165, 1.54) is 0 Å². The fraction of sp³-hybridized carbons (Fsp3) is 0.353. The summed E-state index contributed by atoms with van der Waals surface area (Å²) < 4.78 is 13.6. The van der Waals surface area contributed by atoms with E-state index in [1.54, 1.807) is 24.7 Å². The summed E-state index contributed by atoms with van der Waals surface area (Å²) >= 11 is 3.13. The molecule has 1 aliphatic rings. The predicted molar refractivity (Wildman–Crippen MR) is 100 cm³/mol. The topological polar surface area (TPSA) is 71.3 Å². The molecule has 4 rings (SSSR count). The van der Waals surface area contributed by atoms with Crippen LogP contribution in [0.2, 0.25) is 0 Å². The summed E-state index contributed by atoms with van der Waals surface area (Å²) in [5.74, 6) is 2.15. The molecule has 1 aliphatic heterocycles. The third-order valence-electron chi connectivity index (χ3n) is 4.39. The van der Waals surface area contributed by atoms with Crippen LogP contribution in [0.15, 0.2) is 41.2 Å². The maximum Gasteiger partial charge on any atom is 0.251 e. The van der Waals surface area contributed by atoms with Crippen LogP contribution in [0.1, 0.15) is 22.0 Å². The maximum atomic E-state index is 12.6. The van der Waals surface area contributed by atoms with Gasteiger partial charge in [0.05, 0.1) is 30.3 Å². The minimum Gasteiger partial charge on any atom is -0.472 e. The smallest absolute Gasteiger partial charge is 0.251 e. The van der Waals surface area contributed by atoms with Crippen LogP contribution in [0.25, 0.3) is 11.0 Å². The zero-order chi connectivity index (χ0) is 17.1. The zero-order valence-corrected chi connectivity index (χ0v) is 15.2. The lowest BCUT2D eigenvalue weighted by molar-refractivity contribution is 0.0935. The quantitative estimate of drug-likeness (QED) is 0.740. The van der Waals surface area contributed by atoms with Gasteiger partial charge in [0, 0.05) is 42.3 Å². The van der Waals surface area contributed by atoms with Gasteiger partial charge in [-0.1, -0.05) is 0 Å². The molecule has 1 N–H and O–H groups in total. The Morgan fingerprint density at radius 3 is 2.88 bits per heavy atom. The Bertz CT molecular complexity index is 843. The number of carbonyl (C=O) groups is 1. The Kier molecular flexibility index (Phi) is 5.00. The number of nitrogens with one attached hydrogen (secondary N) is 1. The van der Waals surface area contributed by atoms with E-state index in [0.717, 1.165) is 52.9 Å². The maximum absolute atomic E-state index is 12.6. The number of fused-ring (bicyclic) bond motifs is 1. The molecular weight excluding hydrogens is 356 g/mol. The number of aromatic nitrogens is 2. The van der Waals surface area contributed by atoms with Gasteiger partial charge in [-0.3, -0.25) is 9.69 Å². The molecule has 8 heteroatoms. The van der Waals surface area contributed by atoms with Gasteiger partial charge in [-0.15, -0.1) is 0 Å². The van der Waals surface area contributed by atoms with Crippen LogP contribution in [0.3, 0.4) is 0 Å². The molecule has 0 saturated carbocycles. The van der Waals surface area contributed by atoms with Crippen LogP contribution in [0.4, 0.5) is 0 Å². The first-order chi connectivity index (χ1) is 12.3. The van der Waals surface area contributed by atoms with Crippen molar-refractivity contribution in [3.63, 3.8) is 0 Å². The molecule has 1 saturated heterocycles. The third-order valence-corrected chi connectivity index (χ3v) is 5.89. The van der Waals surface area contributed by atoms with E-state index in [4.69, 9.17) is 4.42 Å². The zero-order valence-electron chi connectivity index (χ0n) is 13.6. The molecule has 25 heavy (non-hydrogen) atoms. The van der Waals surface area contributed by atoms with E-state index in [9.17, 15) is 4.79 Å². The minimum absolute atomic E-state index is 0.0882. The number of rotatable bonds is 5. The van der Waals surface area contributed by atoms with Crippen molar-refractivity contribution in [1.29, 1.82) is 0 Å². The van der Waals surface area contributed by atoms with Gasteiger partial charge < -0.3 is 9.73 Å². The van der Waals surface area contributed by atoms with Gasteiger partial charge in [0.15, 0.2) is 0 Å². The van der Waals surface area contributed by atoms with Gasteiger partial charge in [0.1, 0.15) is 11.0 Å². The molecule has 1 amide bonds. The van der Waals surface area contributed by atoms with Crippen molar-refractivity contribution < 1.29 is 9.21 Å². The van der Waals surface area contributed by atoms with Crippen LogP contribution in [-0.2, 0) is 0 Å². The highest BCUT2D eigenvalue weighted by Gasteiger charge is 2.24. The van der Waals surface area contributed by atoms with Gasteiger partial charge in [0.2, 0.25) is 0 Å². The third kappa shape index (κ3) is 3.70. The fourth-order valence-electron chi connectivity index (χ4n) is 3.03. The Morgan fingerprint density at radius 1 is 1.24 bits per heavy atom. The first-order valence-electron chi connectivity index (χ1n) is 8.16. The number of furan rings is 1. The molecule has 130 valence electrons. The van der Waals surface area contributed by atoms with E-state index in [-0.39, 0.29) is 11.9 Å². The van der Waals surface area contributed by atoms with Crippen molar-refractivity contribution >= 4 is 40.4 Å². The first-order valence-corrected chi connectivity index (χ1v) is 10.0. The molecular formula is C17H18N4O2S2. The number of nitrogens with zero attached hydrogens (tertiary/aromatic N) is 3. The number of hydrogen-bond acceptors (Lipinski definition) is 7. The number of benzene rings is 1. The highest BCUT2D eigenvalue weighted by molar-refractivity contribution is 7.99. The summed E-state index contributed by atoms with van der Waals surface area (Å²) in [6.07, 6.45) is 3.46. The Labute approximate surface area is 153 Å². The molecule has 0 radical (unpaired) electrons. The molecule has 3 aromatic rings. The van der Waals surface area contributed by atoms with Gasteiger partial charge in [-0.25, -0.2) is 0 Å². The number of hydrogen-bond donors (Lipinski definition) is 1. The van der Waals surface area contributed by atoms with Crippen LogP contribution in [-0.4, -0.2) is 50.7 Å². The van der Waals surface area contributed by atoms with E-state index < -0.39 is 0 Å². The molecule has 1 atom stereocenters. The van der Waals surface area contributed by atoms with Crippen molar-refractivity contribution in [3.05, 3.63) is 47.9 Å². The Hall–Kier alpha value is -1.90. The minimum atomic E-state index is -0.0882. The SMILES string of the molecule is O=C(NC[C@H](c1ccoc1)N1CCSCC1)c1ccc2nsnc2c1. The second-order valence-electron chi connectivity index (χ2n) is 5.90. The summed E-state index contributed by atoms with van der Waals surface area (Å²) in [5, 5.41) is 3.07. The molecule has 3 heterocycles. The average Bonchev–Trinajstić information content (AvgIpc) is 3.34. The summed E-state index contributed by atoms with van der Waals surface area (Å²) in [7, 11) is 0. The van der Waals surface area contributed by atoms with Gasteiger partial charge >= 0.3 is 0 Å². The monoisotopic (exact) mass is 374 g/mol. The summed E-state index contributed by atoms with van der Waals surface area (Å²) in [4.78, 5) is 15.0. The number of amides is 1. The van der Waals surface area contributed by atoms with Crippen LogP contribution < -0.4 is 5.32 Å². The van der Waals surface area contributed by atoms with Crippen LogP contribution in [0, 0.1) is 0 Å². The first kappa shape index (κ1) is 16.6. The van der Waals surface area contributed by atoms with Crippen molar-refractivity contribution in [2.24, 2.45) is 0 Å². The van der Waals surface area contributed by atoms with Crippen molar-refractivity contribution in [1.82, 2.24) is 19.0 Å². The average molecular weight is 374 g/mol. The van der Waals surface area contributed by atoms with Crippen LogP contribution >= 0.6 is 23.5 Å². The second-order valence-corrected chi connectivity index (χ2v) is 7.65. The molecule has 0 unspecified atom stereocenters. The van der Waals surface area contributed by atoms with E-state index in [1.807, 2.05) is 23.9 Å². The Morgan fingerprint density at radius 2 is 2.08 bits per heavy atom. The summed E-state index contributed by atoms with van der Waals surface area (Å²) in [5.41, 5.74) is 3.30. The van der Waals surface area contributed by atoms with E-state index in [0.29, 0.717) is 12.1 Å². The predicted octanol–water partition coefficient (Wildman–Crippen LogP) is 2.80. The lowest BCUT2D eigenvalue weighted by atomic mass is 10.1.